The van der Waals surface area contributed by atoms with Crippen molar-refractivity contribution in [3.63, 3.8) is 0 Å². The van der Waals surface area contributed by atoms with Gasteiger partial charge in [-0.25, -0.2) is 4.39 Å². The number of benzene rings is 1. The molecule has 0 saturated carbocycles. The molecule has 0 saturated heterocycles. The van der Waals surface area contributed by atoms with Gasteiger partial charge in [0.25, 0.3) is 5.91 Å². The van der Waals surface area contributed by atoms with E-state index in [1.807, 2.05) is 0 Å². The number of fused-ring (bicyclic) bond motifs is 1. The zero-order valence-corrected chi connectivity index (χ0v) is 11.2. The lowest BCUT2D eigenvalue weighted by atomic mass is 10.1. The van der Waals surface area contributed by atoms with E-state index in [-0.39, 0.29) is 18.1 Å². The van der Waals surface area contributed by atoms with E-state index in [1.165, 1.54) is 6.07 Å². The van der Waals surface area contributed by atoms with Crippen LogP contribution in [0.2, 0.25) is 0 Å². The molecule has 1 aromatic carbocycles. The van der Waals surface area contributed by atoms with Gasteiger partial charge in [0.05, 0.1) is 18.8 Å². The summed E-state index contributed by atoms with van der Waals surface area (Å²) in [6, 6.07) is 9.94. The van der Waals surface area contributed by atoms with Crippen molar-refractivity contribution in [3.8, 4) is 0 Å². The molecule has 2 aromatic rings. The van der Waals surface area contributed by atoms with Gasteiger partial charge in [-0.3, -0.25) is 14.8 Å². The topological polar surface area (TPSA) is 71.6 Å². The van der Waals surface area contributed by atoms with Gasteiger partial charge in [0, 0.05) is 17.3 Å². The fourth-order valence-corrected chi connectivity index (χ4v) is 2.28. The van der Waals surface area contributed by atoms with E-state index in [9.17, 15) is 9.18 Å². The fraction of sp³-hybridized carbons (Fsp3) is 0.133. The van der Waals surface area contributed by atoms with E-state index < -0.39 is 5.91 Å². The number of aromatic nitrogens is 1. The van der Waals surface area contributed by atoms with Gasteiger partial charge in [0.15, 0.2) is 5.71 Å². The summed E-state index contributed by atoms with van der Waals surface area (Å²) in [5, 5.41) is 5.82. The quantitative estimate of drug-likeness (QED) is 0.926. The highest BCUT2D eigenvalue weighted by Gasteiger charge is 2.23. The van der Waals surface area contributed by atoms with Crippen molar-refractivity contribution in [1.82, 2.24) is 9.99 Å². The highest BCUT2D eigenvalue weighted by molar-refractivity contribution is 6.45. The van der Waals surface area contributed by atoms with Gasteiger partial charge in [-0.15, -0.1) is 0 Å². The summed E-state index contributed by atoms with van der Waals surface area (Å²) in [7, 11) is 0. The van der Waals surface area contributed by atoms with Crippen molar-refractivity contribution in [2.24, 2.45) is 10.8 Å². The number of primary amides is 1. The SMILES string of the molecule is NC(=O)C1=NN(Cc2ccccc2F)Cc2ncccc21. The normalized spacial score (nSPS) is 13.6. The van der Waals surface area contributed by atoms with Crippen molar-refractivity contribution < 1.29 is 9.18 Å². The lowest BCUT2D eigenvalue weighted by Crippen LogP contribution is -2.34. The fourth-order valence-electron chi connectivity index (χ4n) is 2.28. The van der Waals surface area contributed by atoms with E-state index in [0.717, 1.165) is 0 Å². The monoisotopic (exact) mass is 284 g/mol. The van der Waals surface area contributed by atoms with Crippen LogP contribution in [0.5, 0.6) is 0 Å². The Labute approximate surface area is 120 Å². The van der Waals surface area contributed by atoms with Crippen molar-refractivity contribution in [2.45, 2.75) is 13.1 Å². The van der Waals surface area contributed by atoms with Gasteiger partial charge in [0.2, 0.25) is 0 Å². The predicted octanol–water partition coefficient (Wildman–Crippen LogP) is 1.43. The molecule has 1 aliphatic rings. The Bertz CT molecular complexity index is 729. The number of hydrogen-bond donors (Lipinski definition) is 1. The second-order valence-corrected chi connectivity index (χ2v) is 4.72. The Morgan fingerprint density at radius 1 is 1.29 bits per heavy atom. The van der Waals surface area contributed by atoms with Gasteiger partial charge in [-0.05, 0) is 18.2 Å². The smallest absolute Gasteiger partial charge is 0.269 e. The largest absolute Gasteiger partial charge is 0.364 e. The first kappa shape index (κ1) is 13.2. The molecule has 2 N–H and O–H groups in total. The third-order valence-electron chi connectivity index (χ3n) is 3.26. The Morgan fingerprint density at radius 2 is 2.10 bits per heavy atom. The zero-order valence-electron chi connectivity index (χ0n) is 11.2. The van der Waals surface area contributed by atoms with E-state index >= 15 is 0 Å². The lowest BCUT2D eigenvalue weighted by Gasteiger charge is -2.25. The van der Waals surface area contributed by atoms with Crippen LogP contribution in [0.15, 0.2) is 47.7 Å². The first-order chi connectivity index (χ1) is 10.1. The Hall–Kier alpha value is -2.76. The molecule has 0 aliphatic carbocycles. The maximum Gasteiger partial charge on any atom is 0.269 e. The summed E-state index contributed by atoms with van der Waals surface area (Å²) >= 11 is 0. The zero-order chi connectivity index (χ0) is 14.8. The molecule has 21 heavy (non-hydrogen) atoms. The molecule has 0 unspecified atom stereocenters. The van der Waals surface area contributed by atoms with Gasteiger partial charge in [-0.1, -0.05) is 18.2 Å². The molecule has 0 atom stereocenters. The molecule has 1 aliphatic heterocycles. The molecule has 0 radical (unpaired) electrons. The van der Waals surface area contributed by atoms with Crippen molar-refractivity contribution in [3.05, 3.63) is 65.2 Å². The van der Waals surface area contributed by atoms with Crippen molar-refractivity contribution in [2.75, 3.05) is 0 Å². The third-order valence-corrected chi connectivity index (χ3v) is 3.26. The van der Waals surface area contributed by atoms with Crippen LogP contribution in [0, 0.1) is 5.82 Å². The molecule has 0 fully saturated rings. The molecule has 1 amide bonds. The van der Waals surface area contributed by atoms with Gasteiger partial charge >= 0.3 is 0 Å². The van der Waals surface area contributed by atoms with Gasteiger partial charge in [-0.2, -0.15) is 5.10 Å². The van der Waals surface area contributed by atoms with Gasteiger partial charge in [0.1, 0.15) is 5.82 Å². The third kappa shape index (κ3) is 2.60. The number of hydrazone groups is 1. The molecule has 3 rings (SSSR count). The van der Waals surface area contributed by atoms with Crippen LogP contribution in [0.1, 0.15) is 16.8 Å². The van der Waals surface area contributed by atoms with E-state index in [2.05, 4.69) is 10.1 Å². The average Bonchev–Trinajstić information content (AvgIpc) is 2.48. The van der Waals surface area contributed by atoms with E-state index in [0.29, 0.717) is 23.4 Å². The molecule has 0 spiro atoms. The number of carbonyl (C=O) groups is 1. The summed E-state index contributed by atoms with van der Waals surface area (Å²) < 4.78 is 13.7. The average molecular weight is 284 g/mol. The molecular weight excluding hydrogens is 271 g/mol. The summed E-state index contributed by atoms with van der Waals surface area (Å²) in [4.78, 5) is 15.8. The molecule has 1 aromatic heterocycles. The minimum atomic E-state index is -0.623. The number of carbonyl (C=O) groups excluding carboxylic acids is 1. The van der Waals surface area contributed by atoms with E-state index in [4.69, 9.17) is 5.73 Å². The highest BCUT2D eigenvalue weighted by atomic mass is 19.1. The van der Waals surface area contributed by atoms with Crippen LogP contribution in [-0.4, -0.2) is 21.6 Å². The highest BCUT2D eigenvalue weighted by Crippen LogP contribution is 2.20. The molecule has 106 valence electrons. The maximum absolute atomic E-state index is 13.7. The number of halogens is 1. The predicted molar refractivity (Wildman–Crippen MR) is 75.6 cm³/mol. The van der Waals surface area contributed by atoms with Crippen LogP contribution in [0.25, 0.3) is 0 Å². The van der Waals surface area contributed by atoms with Crippen LogP contribution < -0.4 is 5.73 Å². The molecule has 6 heteroatoms. The number of amides is 1. The number of nitrogens with two attached hydrogens (primary N) is 1. The maximum atomic E-state index is 13.7. The van der Waals surface area contributed by atoms with E-state index in [1.54, 1.807) is 41.5 Å². The Balaban J connectivity index is 1.94. The second kappa shape index (κ2) is 5.32. The lowest BCUT2D eigenvalue weighted by molar-refractivity contribution is -0.112. The molecule has 0 bridgehead atoms. The number of pyridine rings is 1. The standard InChI is InChI=1S/C15H13FN4O/c16-12-6-2-1-4-10(12)8-20-9-13-11(5-3-7-18-13)14(19-20)15(17)21/h1-7H,8-9H2,(H2,17,21). The minimum Gasteiger partial charge on any atom is -0.364 e. The number of hydrogen-bond acceptors (Lipinski definition) is 4. The first-order valence-electron chi connectivity index (χ1n) is 6.46. The second-order valence-electron chi connectivity index (χ2n) is 4.72. The van der Waals surface area contributed by atoms with Crippen LogP contribution in [-0.2, 0) is 17.9 Å². The summed E-state index contributed by atoms with van der Waals surface area (Å²) in [6.07, 6.45) is 1.64. The molecular formula is C15H13FN4O. The summed E-state index contributed by atoms with van der Waals surface area (Å²) in [5.41, 5.74) is 7.37. The van der Waals surface area contributed by atoms with Crippen LogP contribution >= 0.6 is 0 Å². The summed E-state index contributed by atoms with van der Waals surface area (Å²) in [5.74, 6) is -0.928. The molecule has 2 heterocycles. The molecule has 5 nitrogen and oxygen atoms in total. The Kier molecular flexibility index (Phi) is 3.35. The number of rotatable bonds is 3. The summed E-state index contributed by atoms with van der Waals surface area (Å²) in [6.45, 7) is 0.654. The van der Waals surface area contributed by atoms with Crippen molar-refractivity contribution in [1.29, 1.82) is 0 Å². The minimum absolute atomic E-state index is 0.153. The van der Waals surface area contributed by atoms with Crippen molar-refractivity contribution >= 4 is 11.6 Å². The number of nitrogens with zero attached hydrogens (tertiary/aromatic N) is 3. The van der Waals surface area contributed by atoms with Crippen LogP contribution in [0.4, 0.5) is 4.39 Å². The van der Waals surface area contributed by atoms with Gasteiger partial charge < -0.3 is 5.73 Å². The Morgan fingerprint density at radius 3 is 2.86 bits per heavy atom. The first-order valence-corrected chi connectivity index (χ1v) is 6.46. The van der Waals surface area contributed by atoms with Crippen LogP contribution in [0.3, 0.4) is 0 Å².